The van der Waals surface area contributed by atoms with E-state index in [1.54, 1.807) is 6.20 Å². The number of carbonyl (C=O) groups excluding carboxylic acids is 1. The molecule has 2 aromatic rings. The van der Waals surface area contributed by atoms with Crippen LogP contribution in [0.3, 0.4) is 0 Å². The van der Waals surface area contributed by atoms with Gasteiger partial charge in [-0.3, -0.25) is 4.79 Å². The van der Waals surface area contributed by atoms with Gasteiger partial charge in [-0.15, -0.1) is 0 Å². The van der Waals surface area contributed by atoms with Gasteiger partial charge in [-0.25, -0.2) is 0 Å². The molecule has 1 heterocycles. The maximum Gasteiger partial charge on any atom is 0.263 e. The highest BCUT2D eigenvalue weighted by Crippen LogP contribution is 2.28. The fourth-order valence-electron chi connectivity index (χ4n) is 3.64. The van der Waals surface area contributed by atoms with Gasteiger partial charge in [-0.2, -0.15) is 5.26 Å². The van der Waals surface area contributed by atoms with Crippen molar-refractivity contribution < 1.29 is 9.53 Å². The Labute approximate surface area is 172 Å². The van der Waals surface area contributed by atoms with Crippen LogP contribution in [0.25, 0.3) is 0 Å². The van der Waals surface area contributed by atoms with Crippen molar-refractivity contribution in [1.82, 2.24) is 5.32 Å². The number of hydrogen-bond donors (Lipinski definition) is 1. The van der Waals surface area contributed by atoms with Crippen molar-refractivity contribution in [1.29, 1.82) is 5.26 Å². The van der Waals surface area contributed by atoms with Crippen LogP contribution in [0, 0.1) is 18.3 Å². The maximum atomic E-state index is 12.8. The molecule has 0 saturated heterocycles. The molecule has 1 N–H and O–H groups in total. The van der Waals surface area contributed by atoms with Gasteiger partial charge in [0.25, 0.3) is 5.91 Å². The lowest BCUT2D eigenvalue weighted by Crippen LogP contribution is -2.30. The molecule has 29 heavy (non-hydrogen) atoms. The van der Waals surface area contributed by atoms with Crippen molar-refractivity contribution >= 4 is 11.6 Å². The number of aryl methyl sites for hydroxylation is 2. The second kappa shape index (κ2) is 9.29. The number of fused-ring (bicyclic) bond motifs is 1. The second-order valence-corrected chi connectivity index (χ2v) is 7.25. The molecule has 5 heteroatoms. The molecule has 1 aliphatic heterocycles. The van der Waals surface area contributed by atoms with Crippen LogP contribution in [-0.4, -0.2) is 19.1 Å². The number of nitrogens with zero attached hydrogens (tertiary/aromatic N) is 2. The average molecular weight is 389 g/mol. The van der Waals surface area contributed by atoms with Crippen LogP contribution >= 0.6 is 0 Å². The first-order chi connectivity index (χ1) is 14.0. The minimum Gasteiger partial charge on any atom is -0.494 e. The number of benzene rings is 2. The number of rotatable bonds is 6. The summed E-state index contributed by atoms with van der Waals surface area (Å²) in [5, 5.41) is 12.6. The highest BCUT2D eigenvalue weighted by molar-refractivity contribution is 5.98. The number of nitrogens with one attached hydrogen (secondary N) is 1. The zero-order valence-corrected chi connectivity index (χ0v) is 17.2. The minimum atomic E-state index is -0.382. The van der Waals surface area contributed by atoms with E-state index in [1.165, 1.54) is 5.56 Å². The Kier molecular flexibility index (Phi) is 6.56. The number of nitriles is 1. The zero-order valence-electron chi connectivity index (χ0n) is 17.2. The van der Waals surface area contributed by atoms with E-state index >= 15 is 0 Å². The minimum absolute atomic E-state index is 0.0965. The van der Waals surface area contributed by atoms with Gasteiger partial charge in [-0.1, -0.05) is 35.9 Å². The van der Waals surface area contributed by atoms with E-state index in [0.29, 0.717) is 6.61 Å². The molecule has 1 amide bonds. The van der Waals surface area contributed by atoms with Crippen molar-refractivity contribution in [2.75, 3.05) is 18.1 Å². The van der Waals surface area contributed by atoms with E-state index in [-0.39, 0.29) is 17.5 Å². The molecule has 0 aliphatic carbocycles. The van der Waals surface area contributed by atoms with E-state index in [0.717, 1.165) is 42.0 Å². The molecule has 3 rings (SSSR count). The number of para-hydroxylation sites is 1. The summed E-state index contributed by atoms with van der Waals surface area (Å²) in [5.74, 6) is 0.366. The summed E-state index contributed by atoms with van der Waals surface area (Å²) in [6.07, 6.45) is 3.67. The number of carbonyl (C=O) groups is 1. The van der Waals surface area contributed by atoms with Gasteiger partial charge >= 0.3 is 0 Å². The second-order valence-electron chi connectivity index (χ2n) is 7.25. The lowest BCUT2D eigenvalue weighted by atomic mass is 10.0. The van der Waals surface area contributed by atoms with Crippen LogP contribution in [-0.2, 0) is 11.2 Å². The summed E-state index contributed by atoms with van der Waals surface area (Å²) in [6.45, 7) is 7.17. The highest BCUT2D eigenvalue weighted by Gasteiger charge is 2.20. The van der Waals surface area contributed by atoms with E-state index in [1.807, 2.05) is 62.1 Å². The molecule has 5 nitrogen and oxygen atoms in total. The first-order valence-corrected chi connectivity index (χ1v) is 10.0. The fourth-order valence-corrected chi connectivity index (χ4v) is 3.64. The van der Waals surface area contributed by atoms with E-state index in [4.69, 9.17) is 4.74 Å². The molecule has 0 aromatic heterocycles. The summed E-state index contributed by atoms with van der Waals surface area (Å²) in [7, 11) is 0. The van der Waals surface area contributed by atoms with Crippen molar-refractivity contribution in [2.45, 2.75) is 39.7 Å². The third-order valence-corrected chi connectivity index (χ3v) is 5.08. The summed E-state index contributed by atoms with van der Waals surface area (Å²) in [5.41, 5.74) is 4.39. The number of hydrogen-bond acceptors (Lipinski definition) is 4. The Morgan fingerprint density at radius 1 is 1.34 bits per heavy atom. The van der Waals surface area contributed by atoms with Crippen molar-refractivity contribution in [2.24, 2.45) is 0 Å². The van der Waals surface area contributed by atoms with E-state index in [9.17, 15) is 10.1 Å². The van der Waals surface area contributed by atoms with Crippen molar-refractivity contribution in [3.63, 3.8) is 0 Å². The van der Waals surface area contributed by atoms with Gasteiger partial charge in [0.15, 0.2) is 0 Å². The molecule has 1 atom stereocenters. The van der Waals surface area contributed by atoms with Gasteiger partial charge < -0.3 is 15.0 Å². The lowest BCUT2D eigenvalue weighted by Gasteiger charge is -2.28. The lowest BCUT2D eigenvalue weighted by molar-refractivity contribution is -0.117. The summed E-state index contributed by atoms with van der Waals surface area (Å²) >= 11 is 0. The SMILES string of the molecule is CCOc1ccc(C)cc1C(C)NC(=O)/C(C#N)=C\N1CCCc2ccccc21. The average Bonchev–Trinajstić information content (AvgIpc) is 2.73. The standard InChI is InChI=1S/C24H27N3O2/c1-4-29-23-12-11-17(2)14-21(23)18(3)26-24(28)20(15-25)16-27-13-7-9-19-8-5-6-10-22(19)27/h5-6,8,10-12,14,16,18H,4,7,9,13H2,1-3H3,(H,26,28)/b20-16-. The third kappa shape index (κ3) is 4.78. The van der Waals surface area contributed by atoms with Gasteiger partial charge in [0, 0.05) is 24.0 Å². The predicted molar refractivity (Wildman–Crippen MR) is 115 cm³/mol. The van der Waals surface area contributed by atoms with Crippen LogP contribution in [0.15, 0.2) is 54.2 Å². The monoisotopic (exact) mass is 389 g/mol. The summed E-state index contributed by atoms with van der Waals surface area (Å²) in [6, 6.07) is 15.8. The molecule has 150 valence electrons. The first-order valence-electron chi connectivity index (χ1n) is 10.0. The molecular weight excluding hydrogens is 362 g/mol. The molecule has 1 unspecified atom stereocenters. The van der Waals surface area contributed by atoms with Gasteiger partial charge in [0.05, 0.1) is 12.6 Å². The molecule has 0 radical (unpaired) electrons. The van der Waals surface area contributed by atoms with Crippen molar-refractivity contribution in [3.05, 3.63) is 70.9 Å². The fraction of sp³-hybridized carbons (Fsp3) is 0.333. The van der Waals surface area contributed by atoms with Crippen molar-refractivity contribution in [3.8, 4) is 11.8 Å². The predicted octanol–water partition coefficient (Wildman–Crippen LogP) is 4.43. The Morgan fingerprint density at radius 3 is 2.90 bits per heavy atom. The molecule has 0 saturated carbocycles. The smallest absolute Gasteiger partial charge is 0.263 e. The zero-order chi connectivity index (χ0) is 20.8. The van der Waals surface area contributed by atoms with Crippen LogP contribution in [0.1, 0.15) is 43.0 Å². The number of ether oxygens (including phenoxy) is 1. The van der Waals surface area contributed by atoms with Gasteiger partial charge in [0.2, 0.25) is 0 Å². The van der Waals surface area contributed by atoms with E-state index < -0.39 is 0 Å². The largest absolute Gasteiger partial charge is 0.494 e. The molecular formula is C24H27N3O2. The molecule has 0 bridgehead atoms. The Bertz CT molecular complexity index is 959. The van der Waals surface area contributed by atoms with E-state index in [2.05, 4.69) is 17.5 Å². The molecule has 0 spiro atoms. The van der Waals surface area contributed by atoms with Crippen LogP contribution < -0.4 is 15.0 Å². The Morgan fingerprint density at radius 2 is 2.14 bits per heavy atom. The number of anilines is 1. The van der Waals surface area contributed by atoms with Gasteiger partial charge in [-0.05, 0) is 51.3 Å². The highest BCUT2D eigenvalue weighted by atomic mass is 16.5. The molecule has 1 aliphatic rings. The number of amides is 1. The topological polar surface area (TPSA) is 65.4 Å². The maximum absolute atomic E-state index is 12.8. The van der Waals surface area contributed by atoms with Crippen LogP contribution in [0.2, 0.25) is 0 Å². The summed E-state index contributed by atoms with van der Waals surface area (Å²) < 4.78 is 5.70. The normalized spacial score (nSPS) is 14.6. The third-order valence-electron chi connectivity index (χ3n) is 5.08. The first kappa shape index (κ1) is 20.5. The Hall–Kier alpha value is -3.26. The van der Waals surface area contributed by atoms with Crippen LogP contribution in [0.4, 0.5) is 5.69 Å². The molecule has 0 fully saturated rings. The quantitative estimate of drug-likeness (QED) is 0.586. The van der Waals surface area contributed by atoms with Crippen LogP contribution in [0.5, 0.6) is 5.75 Å². The van der Waals surface area contributed by atoms with Gasteiger partial charge in [0.1, 0.15) is 17.4 Å². The Balaban J connectivity index is 1.80. The summed E-state index contributed by atoms with van der Waals surface area (Å²) in [4.78, 5) is 14.8. The molecule has 2 aromatic carbocycles.